The molecule has 0 radical (unpaired) electrons. The van der Waals surface area contributed by atoms with Crippen molar-refractivity contribution in [1.29, 1.82) is 0 Å². The molecule has 0 amide bonds. The summed E-state index contributed by atoms with van der Waals surface area (Å²) in [4.78, 5) is 21.7. The Hall–Kier alpha value is -3.07. The summed E-state index contributed by atoms with van der Waals surface area (Å²) in [7, 11) is -4.14. The lowest BCUT2D eigenvalue weighted by Crippen LogP contribution is -2.15. The van der Waals surface area contributed by atoms with Gasteiger partial charge in [0.25, 0.3) is 10.0 Å². The number of aryl methyl sites for hydroxylation is 1. The van der Waals surface area contributed by atoms with Gasteiger partial charge in [0.1, 0.15) is 11.3 Å². The van der Waals surface area contributed by atoms with E-state index >= 15 is 0 Å². The highest BCUT2D eigenvalue weighted by Crippen LogP contribution is 2.25. The maximum atomic E-state index is 12.4. The zero-order valence-corrected chi connectivity index (χ0v) is 13.2. The monoisotopic (exact) mass is 351 g/mol. The highest BCUT2D eigenvalue weighted by atomic mass is 32.2. The van der Waals surface area contributed by atoms with Crippen LogP contribution in [0.2, 0.25) is 0 Å². The van der Waals surface area contributed by atoms with Crippen LogP contribution >= 0.6 is 0 Å². The van der Waals surface area contributed by atoms with E-state index in [9.17, 15) is 23.1 Å². The molecule has 0 aliphatic heterocycles. The van der Waals surface area contributed by atoms with Crippen molar-refractivity contribution in [2.45, 2.75) is 11.8 Å². The molecule has 0 bridgehead atoms. The molecule has 0 heterocycles. The SMILES string of the molecule is Cc1ccc(C(=O)O)cc1S(=O)(=O)Nc1ccc(O)c(C(=O)O)c1. The van der Waals surface area contributed by atoms with Crippen molar-refractivity contribution in [3.63, 3.8) is 0 Å². The summed E-state index contributed by atoms with van der Waals surface area (Å²) in [6.45, 7) is 1.50. The van der Waals surface area contributed by atoms with E-state index in [1.807, 2.05) is 0 Å². The van der Waals surface area contributed by atoms with E-state index in [0.717, 1.165) is 18.2 Å². The highest BCUT2D eigenvalue weighted by Gasteiger charge is 2.20. The van der Waals surface area contributed by atoms with Crippen molar-refractivity contribution >= 4 is 27.6 Å². The molecule has 0 aliphatic carbocycles. The van der Waals surface area contributed by atoms with Gasteiger partial charge in [-0.2, -0.15) is 0 Å². The molecule has 0 saturated carbocycles. The number of carboxylic acids is 2. The number of sulfonamides is 1. The number of hydrogen-bond donors (Lipinski definition) is 4. The van der Waals surface area contributed by atoms with Gasteiger partial charge in [-0.3, -0.25) is 4.72 Å². The molecule has 0 atom stereocenters. The fraction of sp³-hybridized carbons (Fsp3) is 0.0667. The quantitative estimate of drug-likeness (QED) is 0.603. The summed E-state index contributed by atoms with van der Waals surface area (Å²) in [5, 5.41) is 27.4. The molecule has 24 heavy (non-hydrogen) atoms. The maximum absolute atomic E-state index is 12.4. The van der Waals surface area contributed by atoms with Crippen LogP contribution in [0.15, 0.2) is 41.3 Å². The first-order valence-electron chi connectivity index (χ1n) is 6.55. The van der Waals surface area contributed by atoms with Gasteiger partial charge in [0.2, 0.25) is 0 Å². The van der Waals surface area contributed by atoms with Gasteiger partial charge in [0.15, 0.2) is 0 Å². The molecular weight excluding hydrogens is 338 g/mol. The lowest BCUT2D eigenvalue weighted by atomic mass is 10.1. The summed E-state index contributed by atoms with van der Waals surface area (Å²) in [5.41, 5.74) is -0.417. The van der Waals surface area contributed by atoms with Crippen LogP contribution in [-0.4, -0.2) is 35.7 Å². The van der Waals surface area contributed by atoms with Crippen LogP contribution in [0.25, 0.3) is 0 Å². The minimum Gasteiger partial charge on any atom is -0.507 e. The lowest BCUT2D eigenvalue weighted by molar-refractivity contribution is 0.0684. The van der Waals surface area contributed by atoms with Crippen molar-refractivity contribution in [2.75, 3.05) is 4.72 Å². The molecule has 0 unspecified atom stereocenters. The molecule has 2 aromatic carbocycles. The van der Waals surface area contributed by atoms with Gasteiger partial charge in [-0.05, 0) is 42.8 Å². The predicted molar refractivity (Wildman–Crippen MR) is 84.0 cm³/mol. The Kier molecular flexibility index (Phi) is 4.47. The van der Waals surface area contributed by atoms with E-state index < -0.39 is 33.3 Å². The molecular formula is C15H13NO7S. The lowest BCUT2D eigenvalue weighted by Gasteiger charge is -2.12. The smallest absolute Gasteiger partial charge is 0.339 e. The van der Waals surface area contributed by atoms with Gasteiger partial charge in [0, 0.05) is 5.69 Å². The number of rotatable bonds is 5. The molecule has 0 aliphatic rings. The summed E-state index contributed by atoms with van der Waals surface area (Å²) in [6.07, 6.45) is 0. The number of phenols is 1. The van der Waals surface area contributed by atoms with E-state index in [0.29, 0.717) is 5.56 Å². The summed E-state index contributed by atoms with van der Waals surface area (Å²) in [5.74, 6) is -3.20. The van der Waals surface area contributed by atoms with Crippen LogP contribution in [0.3, 0.4) is 0 Å². The van der Waals surface area contributed by atoms with E-state index in [1.165, 1.54) is 25.1 Å². The van der Waals surface area contributed by atoms with Crippen LogP contribution in [0, 0.1) is 6.92 Å². The number of aromatic carboxylic acids is 2. The van der Waals surface area contributed by atoms with Crippen molar-refractivity contribution in [3.8, 4) is 5.75 Å². The second-order valence-corrected chi connectivity index (χ2v) is 6.58. The average molecular weight is 351 g/mol. The van der Waals surface area contributed by atoms with E-state index in [1.54, 1.807) is 0 Å². The van der Waals surface area contributed by atoms with Crippen molar-refractivity contribution in [1.82, 2.24) is 0 Å². The zero-order chi connectivity index (χ0) is 18.1. The average Bonchev–Trinajstić information content (AvgIpc) is 2.48. The molecule has 2 rings (SSSR count). The third kappa shape index (κ3) is 3.46. The number of nitrogens with one attached hydrogen (secondary N) is 1. The second-order valence-electron chi connectivity index (χ2n) is 4.93. The highest BCUT2D eigenvalue weighted by molar-refractivity contribution is 7.92. The van der Waals surface area contributed by atoms with E-state index in [-0.39, 0.29) is 16.1 Å². The summed E-state index contributed by atoms with van der Waals surface area (Å²) in [6, 6.07) is 6.85. The molecule has 4 N–H and O–H groups in total. The molecule has 0 saturated heterocycles. The molecule has 0 fully saturated rings. The fourth-order valence-electron chi connectivity index (χ4n) is 2.00. The predicted octanol–water partition coefficient (Wildman–Crippen LogP) is 1.90. The number of carboxylic acid groups (broad SMARTS) is 2. The third-order valence-corrected chi connectivity index (χ3v) is 4.73. The Bertz CT molecular complexity index is 935. The number of aromatic hydroxyl groups is 1. The minimum absolute atomic E-state index is 0.0784. The van der Waals surface area contributed by atoms with Crippen LogP contribution < -0.4 is 4.72 Å². The van der Waals surface area contributed by atoms with Crippen molar-refractivity contribution < 1.29 is 33.3 Å². The largest absolute Gasteiger partial charge is 0.507 e. The number of carbonyl (C=O) groups is 2. The van der Waals surface area contributed by atoms with Gasteiger partial charge in [-0.15, -0.1) is 0 Å². The molecule has 0 spiro atoms. The van der Waals surface area contributed by atoms with Crippen molar-refractivity contribution in [3.05, 3.63) is 53.1 Å². The second kappa shape index (κ2) is 6.20. The number of hydrogen-bond acceptors (Lipinski definition) is 5. The maximum Gasteiger partial charge on any atom is 0.339 e. The Morgan fingerprint density at radius 1 is 1.00 bits per heavy atom. The van der Waals surface area contributed by atoms with Gasteiger partial charge in [-0.1, -0.05) is 6.07 Å². The normalized spacial score (nSPS) is 11.0. The first-order chi connectivity index (χ1) is 11.1. The molecule has 2 aromatic rings. The first-order valence-corrected chi connectivity index (χ1v) is 8.03. The first kappa shape index (κ1) is 17.3. The summed E-state index contributed by atoms with van der Waals surface area (Å²) >= 11 is 0. The topological polar surface area (TPSA) is 141 Å². The van der Waals surface area contributed by atoms with Crippen molar-refractivity contribution in [2.24, 2.45) is 0 Å². The standard InChI is InChI=1S/C15H13NO7S/c1-8-2-3-9(14(18)19)6-13(8)24(22,23)16-10-4-5-12(17)11(7-10)15(20)21/h2-7,16-17H,1H3,(H,18,19)(H,20,21). The van der Waals surface area contributed by atoms with Crippen LogP contribution in [-0.2, 0) is 10.0 Å². The van der Waals surface area contributed by atoms with E-state index in [2.05, 4.69) is 4.72 Å². The Morgan fingerprint density at radius 2 is 1.67 bits per heavy atom. The number of benzene rings is 2. The minimum atomic E-state index is -4.14. The van der Waals surface area contributed by atoms with Gasteiger partial charge < -0.3 is 15.3 Å². The molecule has 9 heteroatoms. The number of anilines is 1. The Morgan fingerprint density at radius 3 is 2.25 bits per heavy atom. The third-order valence-electron chi connectivity index (χ3n) is 3.20. The zero-order valence-electron chi connectivity index (χ0n) is 12.3. The Labute approximate surface area is 137 Å². The van der Waals surface area contributed by atoms with Crippen LogP contribution in [0.4, 0.5) is 5.69 Å². The molecule has 8 nitrogen and oxygen atoms in total. The molecule has 126 valence electrons. The Balaban J connectivity index is 2.46. The van der Waals surface area contributed by atoms with Gasteiger partial charge in [0.05, 0.1) is 10.5 Å². The molecule has 0 aromatic heterocycles. The van der Waals surface area contributed by atoms with Crippen LogP contribution in [0.5, 0.6) is 5.75 Å². The van der Waals surface area contributed by atoms with E-state index in [4.69, 9.17) is 10.2 Å². The fourth-order valence-corrected chi connectivity index (χ4v) is 3.32. The van der Waals surface area contributed by atoms with Crippen LogP contribution in [0.1, 0.15) is 26.3 Å². The summed E-state index contributed by atoms with van der Waals surface area (Å²) < 4.78 is 27.1. The van der Waals surface area contributed by atoms with Gasteiger partial charge >= 0.3 is 11.9 Å². The van der Waals surface area contributed by atoms with Gasteiger partial charge in [-0.25, -0.2) is 18.0 Å².